The van der Waals surface area contributed by atoms with E-state index < -0.39 is 0 Å². The molecule has 2 aromatic carbocycles. The van der Waals surface area contributed by atoms with E-state index in [1.165, 1.54) is 11.3 Å². The first kappa shape index (κ1) is 22.4. The lowest BCUT2D eigenvalue weighted by Gasteiger charge is -2.35. The van der Waals surface area contributed by atoms with Crippen LogP contribution in [0.25, 0.3) is 22.2 Å². The maximum absolute atomic E-state index is 12.9. The normalized spacial score (nSPS) is 14.5. The Morgan fingerprint density at radius 1 is 1.06 bits per heavy atom. The van der Waals surface area contributed by atoms with Gasteiger partial charge in [0.05, 0.1) is 5.56 Å². The molecule has 0 unspecified atom stereocenters. The molecule has 3 heterocycles. The molecule has 4 aromatic rings. The van der Waals surface area contributed by atoms with Crippen LogP contribution in [0.1, 0.15) is 11.1 Å². The Kier molecular flexibility index (Phi) is 5.98. The van der Waals surface area contributed by atoms with Crippen molar-refractivity contribution in [3.8, 4) is 11.1 Å². The first-order valence-electron chi connectivity index (χ1n) is 11.4. The number of anilines is 3. The predicted octanol–water partition coefficient (Wildman–Crippen LogP) is 4.75. The average molecular weight is 475 g/mol. The second kappa shape index (κ2) is 9.08. The lowest BCUT2D eigenvalue weighted by Crippen LogP contribution is -2.44. The molecule has 8 heteroatoms. The fourth-order valence-electron chi connectivity index (χ4n) is 4.54. The highest BCUT2D eigenvalue weighted by Crippen LogP contribution is 2.28. The molecule has 1 aliphatic heterocycles. The Balaban J connectivity index is 1.42. The number of halogens is 1. The van der Waals surface area contributed by atoms with Gasteiger partial charge in [-0.05, 0) is 67.9 Å². The molecule has 0 atom stereocenters. The van der Waals surface area contributed by atoms with Gasteiger partial charge in [-0.1, -0.05) is 23.7 Å². The van der Waals surface area contributed by atoms with Crippen molar-refractivity contribution in [2.24, 2.45) is 0 Å². The van der Waals surface area contributed by atoms with Gasteiger partial charge < -0.3 is 20.1 Å². The molecule has 174 valence electrons. The smallest absolute Gasteiger partial charge is 0.257 e. The van der Waals surface area contributed by atoms with Gasteiger partial charge in [0.25, 0.3) is 5.56 Å². The van der Waals surface area contributed by atoms with Gasteiger partial charge in [0.15, 0.2) is 0 Å². The van der Waals surface area contributed by atoms with Crippen LogP contribution in [-0.4, -0.2) is 53.1 Å². The number of hydrogen-bond acceptors (Lipinski definition) is 6. The minimum absolute atomic E-state index is 0.204. The Hall–Kier alpha value is -3.42. The molecule has 2 N–H and O–H groups in total. The lowest BCUT2D eigenvalue weighted by molar-refractivity contribution is 0.312. The number of rotatable bonds is 4. The van der Waals surface area contributed by atoms with Gasteiger partial charge in [-0.25, -0.2) is 4.98 Å². The number of benzene rings is 2. The highest BCUT2D eigenvalue weighted by molar-refractivity contribution is 6.30. The number of aryl methyl sites for hydroxylation is 2. The predicted molar refractivity (Wildman–Crippen MR) is 140 cm³/mol. The molecular formula is C26H27ClN6O. The number of piperazine rings is 1. The fourth-order valence-corrected chi connectivity index (χ4v) is 4.73. The molecule has 0 amide bonds. The van der Waals surface area contributed by atoms with Crippen molar-refractivity contribution < 1.29 is 0 Å². The third-order valence-corrected chi connectivity index (χ3v) is 6.67. The molecule has 34 heavy (non-hydrogen) atoms. The molecule has 1 saturated heterocycles. The first-order chi connectivity index (χ1) is 16.4. The van der Waals surface area contributed by atoms with E-state index in [1.54, 1.807) is 18.3 Å². The van der Waals surface area contributed by atoms with Crippen molar-refractivity contribution in [2.45, 2.75) is 13.8 Å². The van der Waals surface area contributed by atoms with Gasteiger partial charge in [0, 0.05) is 54.2 Å². The first-order valence-corrected chi connectivity index (χ1v) is 11.7. The van der Waals surface area contributed by atoms with E-state index in [0.717, 1.165) is 48.4 Å². The van der Waals surface area contributed by atoms with Crippen LogP contribution in [0, 0.1) is 13.8 Å². The number of aromatic amines is 1. The number of pyridine rings is 1. The Labute approximate surface area is 203 Å². The molecule has 1 fully saturated rings. The van der Waals surface area contributed by atoms with Crippen molar-refractivity contribution in [1.29, 1.82) is 0 Å². The zero-order valence-electron chi connectivity index (χ0n) is 19.5. The summed E-state index contributed by atoms with van der Waals surface area (Å²) in [6, 6.07) is 13.6. The van der Waals surface area contributed by atoms with Crippen molar-refractivity contribution in [1.82, 2.24) is 19.9 Å². The van der Waals surface area contributed by atoms with Gasteiger partial charge >= 0.3 is 0 Å². The van der Waals surface area contributed by atoms with Gasteiger partial charge in [-0.15, -0.1) is 0 Å². The zero-order valence-corrected chi connectivity index (χ0v) is 20.3. The van der Waals surface area contributed by atoms with E-state index in [0.29, 0.717) is 22.2 Å². The Morgan fingerprint density at radius 3 is 2.59 bits per heavy atom. The summed E-state index contributed by atoms with van der Waals surface area (Å²) in [4.78, 5) is 29.7. The van der Waals surface area contributed by atoms with E-state index in [1.807, 2.05) is 25.1 Å². The summed E-state index contributed by atoms with van der Waals surface area (Å²) in [5, 5.41) is 4.66. The summed E-state index contributed by atoms with van der Waals surface area (Å²) >= 11 is 6.14. The van der Waals surface area contributed by atoms with E-state index in [-0.39, 0.29) is 5.56 Å². The second-order valence-corrected chi connectivity index (χ2v) is 9.27. The highest BCUT2D eigenvalue weighted by atomic mass is 35.5. The second-order valence-electron chi connectivity index (χ2n) is 8.84. The molecule has 0 bridgehead atoms. The van der Waals surface area contributed by atoms with E-state index >= 15 is 0 Å². The molecule has 7 nitrogen and oxygen atoms in total. The van der Waals surface area contributed by atoms with Crippen LogP contribution >= 0.6 is 11.6 Å². The Morgan fingerprint density at radius 2 is 1.85 bits per heavy atom. The van der Waals surface area contributed by atoms with Gasteiger partial charge in [-0.3, -0.25) is 4.79 Å². The molecule has 2 aromatic heterocycles. The SMILES string of the molecule is Cc1cc(Nc2ncc3c(C)c(-c4cccc(Cl)c4)c(=O)[nH]c3n2)ccc1N1CCN(C)CC1. The van der Waals surface area contributed by atoms with Crippen LogP contribution in [0.2, 0.25) is 5.02 Å². The number of nitrogens with zero attached hydrogens (tertiary/aromatic N) is 4. The number of aromatic nitrogens is 3. The quantitative estimate of drug-likeness (QED) is 0.444. The van der Waals surface area contributed by atoms with Crippen LogP contribution in [0.5, 0.6) is 0 Å². The van der Waals surface area contributed by atoms with Crippen molar-refractivity contribution in [2.75, 3.05) is 43.4 Å². The standard InChI is InChI=1S/C26H27ClN6O/c1-16-13-20(7-8-22(16)33-11-9-32(3)10-12-33)29-26-28-15-21-17(2)23(25(34)30-24(21)31-26)18-5-4-6-19(27)14-18/h4-8,13-15H,9-12H2,1-3H3,(H2,28,29,30,31,34). The third-order valence-electron chi connectivity index (χ3n) is 6.44. The summed E-state index contributed by atoms with van der Waals surface area (Å²) in [6.45, 7) is 8.23. The zero-order chi connectivity index (χ0) is 23.8. The van der Waals surface area contributed by atoms with Gasteiger partial charge in [0.2, 0.25) is 5.95 Å². The number of likely N-dealkylation sites (N-methyl/N-ethyl adjacent to an activating group) is 1. The van der Waals surface area contributed by atoms with Crippen LogP contribution in [-0.2, 0) is 0 Å². The van der Waals surface area contributed by atoms with E-state index in [4.69, 9.17) is 11.6 Å². The largest absolute Gasteiger partial charge is 0.369 e. The number of nitrogens with one attached hydrogen (secondary N) is 2. The summed E-state index contributed by atoms with van der Waals surface area (Å²) < 4.78 is 0. The Bertz CT molecular complexity index is 1420. The number of hydrogen-bond donors (Lipinski definition) is 2. The lowest BCUT2D eigenvalue weighted by atomic mass is 10.0. The maximum Gasteiger partial charge on any atom is 0.257 e. The summed E-state index contributed by atoms with van der Waals surface area (Å²) in [5.74, 6) is 0.435. The van der Waals surface area contributed by atoms with Crippen LogP contribution < -0.4 is 15.8 Å². The van der Waals surface area contributed by atoms with Crippen molar-refractivity contribution >= 4 is 40.0 Å². The third kappa shape index (κ3) is 4.36. The summed E-state index contributed by atoms with van der Waals surface area (Å²) in [5.41, 5.74) is 5.82. The fraction of sp³-hybridized carbons (Fsp3) is 0.269. The topological polar surface area (TPSA) is 77.1 Å². The molecule has 0 spiro atoms. The van der Waals surface area contributed by atoms with E-state index in [2.05, 4.69) is 56.2 Å². The molecular weight excluding hydrogens is 448 g/mol. The average Bonchev–Trinajstić information content (AvgIpc) is 2.80. The van der Waals surface area contributed by atoms with E-state index in [9.17, 15) is 4.79 Å². The van der Waals surface area contributed by atoms with Crippen LogP contribution in [0.3, 0.4) is 0 Å². The summed E-state index contributed by atoms with van der Waals surface area (Å²) in [7, 11) is 2.16. The monoisotopic (exact) mass is 474 g/mol. The van der Waals surface area contributed by atoms with Crippen LogP contribution in [0.15, 0.2) is 53.5 Å². The van der Waals surface area contributed by atoms with Gasteiger partial charge in [0.1, 0.15) is 5.65 Å². The van der Waals surface area contributed by atoms with Gasteiger partial charge in [-0.2, -0.15) is 4.98 Å². The number of fused-ring (bicyclic) bond motifs is 1. The molecule has 1 aliphatic rings. The van der Waals surface area contributed by atoms with Crippen molar-refractivity contribution in [3.05, 3.63) is 75.2 Å². The minimum atomic E-state index is -0.204. The highest BCUT2D eigenvalue weighted by Gasteiger charge is 2.17. The molecule has 0 saturated carbocycles. The number of H-pyrrole nitrogens is 1. The van der Waals surface area contributed by atoms with Crippen molar-refractivity contribution in [3.63, 3.8) is 0 Å². The maximum atomic E-state index is 12.9. The summed E-state index contributed by atoms with van der Waals surface area (Å²) in [6.07, 6.45) is 1.75. The molecule has 0 radical (unpaired) electrons. The molecule has 0 aliphatic carbocycles. The minimum Gasteiger partial charge on any atom is -0.369 e. The van der Waals surface area contributed by atoms with Crippen LogP contribution in [0.4, 0.5) is 17.3 Å². The molecule has 5 rings (SSSR count).